The Bertz CT molecular complexity index is 739. The molecule has 0 fully saturated rings. The fourth-order valence-electron chi connectivity index (χ4n) is 2.46. The van der Waals surface area contributed by atoms with Gasteiger partial charge < -0.3 is 10.4 Å². The van der Waals surface area contributed by atoms with Crippen LogP contribution in [0.1, 0.15) is 16.8 Å². The molecule has 0 saturated carbocycles. The monoisotopic (exact) mass is 282 g/mol. The van der Waals surface area contributed by atoms with E-state index in [9.17, 15) is 9.59 Å². The molecule has 1 aromatic heterocycles. The molecule has 5 nitrogen and oxygen atoms in total. The topological polar surface area (TPSA) is 79.3 Å². The van der Waals surface area contributed by atoms with E-state index in [4.69, 9.17) is 5.11 Å². The zero-order valence-corrected chi connectivity index (χ0v) is 11.2. The Kier molecular flexibility index (Phi) is 3.39. The third kappa shape index (κ3) is 2.76. The standard InChI is InChI=1S/C16H14N2O3/c19-15(18-13-5-3-12(9-13)16(20)21)11-4-6-14-10(8-11)2-1-7-17-14/h1-8,12-13H,9H2,(H,18,19)(H,20,21). The summed E-state index contributed by atoms with van der Waals surface area (Å²) in [6, 6.07) is 8.79. The smallest absolute Gasteiger partial charge is 0.310 e. The minimum absolute atomic E-state index is 0.207. The number of pyridine rings is 1. The molecule has 2 atom stereocenters. The van der Waals surface area contributed by atoms with Crippen molar-refractivity contribution < 1.29 is 14.7 Å². The van der Waals surface area contributed by atoms with Gasteiger partial charge in [-0.3, -0.25) is 14.6 Å². The number of benzene rings is 1. The van der Waals surface area contributed by atoms with Crippen molar-refractivity contribution in [2.24, 2.45) is 5.92 Å². The van der Waals surface area contributed by atoms with E-state index in [1.165, 1.54) is 0 Å². The third-order valence-electron chi connectivity index (χ3n) is 3.58. The fourth-order valence-corrected chi connectivity index (χ4v) is 2.46. The molecule has 2 aromatic rings. The van der Waals surface area contributed by atoms with E-state index in [2.05, 4.69) is 10.3 Å². The highest BCUT2D eigenvalue weighted by molar-refractivity contribution is 5.98. The maximum atomic E-state index is 12.2. The van der Waals surface area contributed by atoms with Crippen molar-refractivity contribution in [2.45, 2.75) is 12.5 Å². The van der Waals surface area contributed by atoms with Gasteiger partial charge in [-0.2, -0.15) is 0 Å². The first-order valence-corrected chi connectivity index (χ1v) is 6.70. The van der Waals surface area contributed by atoms with E-state index in [0.29, 0.717) is 12.0 Å². The Morgan fingerprint density at radius 1 is 1.24 bits per heavy atom. The second kappa shape index (κ2) is 5.36. The van der Waals surface area contributed by atoms with Crippen molar-refractivity contribution in [2.75, 3.05) is 0 Å². The van der Waals surface area contributed by atoms with Gasteiger partial charge in [0.25, 0.3) is 5.91 Å². The van der Waals surface area contributed by atoms with E-state index < -0.39 is 11.9 Å². The molecule has 1 aliphatic rings. The number of aliphatic carboxylic acids is 1. The minimum atomic E-state index is -0.861. The van der Waals surface area contributed by atoms with Gasteiger partial charge in [0.15, 0.2) is 0 Å². The normalized spacial score (nSPS) is 20.6. The Hall–Kier alpha value is -2.69. The summed E-state index contributed by atoms with van der Waals surface area (Å²) in [6.07, 6.45) is 5.46. The summed E-state index contributed by atoms with van der Waals surface area (Å²) < 4.78 is 0. The van der Waals surface area contributed by atoms with E-state index in [-0.39, 0.29) is 11.9 Å². The van der Waals surface area contributed by atoms with Gasteiger partial charge >= 0.3 is 5.97 Å². The number of carbonyl (C=O) groups is 2. The summed E-state index contributed by atoms with van der Waals surface area (Å²) in [5.41, 5.74) is 1.38. The number of rotatable bonds is 3. The van der Waals surface area contributed by atoms with E-state index >= 15 is 0 Å². The Morgan fingerprint density at radius 2 is 2.10 bits per heavy atom. The Morgan fingerprint density at radius 3 is 2.86 bits per heavy atom. The predicted molar refractivity (Wildman–Crippen MR) is 77.9 cm³/mol. The summed E-state index contributed by atoms with van der Waals surface area (Å²) >= 11 is 0. The van der Waals surface area contributed by atoms with Crippen LogP contribution in [0.15, 0.2) is 48.7 Å². The van der Waals surface area contributed by atoms with Gasteiger partial charge in [0.2, 0.25) is 0 Å². The zero-order valence-electron chi connectivity index (χ0n) is 11.2. The van der Waals surface area contributed by atoms with Crippen LogP contribution in [0.3, 0.4) is 0 Å². The van der Waals surface area contributed by atoms with Crippen LogP contribution in [0.4, 0.5) is 0 Å². The lowest BCUT2D eigenvalue weighted by molar-refractivity contribution is -0.140. The van der Waals surface area contributed by atoms with Crippen molar-refractivity contribution in [1.82, 2.24) is 10.3 Å². The first-order valence-electron chi connectivity index (χ1n) is 6.70. The molecule has 0 bridgehead atoms. The van der Waals surface area contributed by atoms with Gasteiger partial charge in [-0.1, -0.05) is 18.2 Å². The van der Waals surface area contributed by atoms with Crippen molar-refractivity contribution >= 4 is 22.8 Å². The molecule has 21 heavy (non-hydrogen) atoms. The Labute approximate surface area is 121 Å². The molecular weight excluding hydrogens is 268 g/mol. The molecule has 1 aromatic carbocycles. The number of fused-ring (bicyclic) bond motifs is 1. The molecular formula is C16H14N2O3. The first-order chi connectivity index (χ1) is 10.1. The number of nitrogens with zero attached hydrogens (tertiary/aromatic N) is 1. The van der Waals surface area contributed by atoms with Crippen molar-refractivity contribution in [3.8, 4) is 0 Å². The molecule has 1 heterocycles. The third-order valence-corrected chi connectivity index (χ3v) is 3.58. The summed E-state index contributed by atoms with van der Waals surface area (Å²) in [7, 11) is 0. The maximum absolute atomic E-state index is 12.2. The fraction of sp³-hybridized carbons (Fsp3) is 0.188. The molecule has 106 valence electrons. The first kappa shape index (κ1) is 13.3. The van der Waals surface area contributed by atoms with Gasteiger partial charge in [-0.25, -0.2) is 0 Å². The molecule has 3 rings (SSSR count). The van der Waals surface area contributed by atoms with Crippen molar-refractivity contribution in [3.05, 3.63) is 54.2 Å². The number of amides is 1. The predicted octanol–water partition coefficient (Wildman–Crippen LogP) is 1.99. The molecule has 0 spiro atoms. The van der Waals surface area contributed by atoms with Gasteiger partial charge in [0.1, 0.15) is 0 Å². The zero-order chi connectivity index (χ0) is 14.8. The van der Waals surface area contributed by atoms with Crippen LogP contribution < -0.4 is 5.32 Å². The van der Waals surface area contributed by atoms with Gasteiger partial charge in [-0.15, -0.1) is 0 Å². The highest BCUT2D eigenvalue weighted by Gasteiger charge is 2.25. The van der Waals surface area contributed by atoms with E-state index in [0.717, 1.165) is 10.9 Å². The second-order valence-electron chi connectivity index (χ2n) is 5.06. The highest BCUT2D eigenvalue weighted by atomic mass is 16.4. The lowest BCUT2D eigenvalue weighted by atomic mass is 10.1. The number of carbonyl (C=O) groups excluding carboxylic acids is 1. The van der Waals surface area contributed by atoms with Crippen LogP contribution in [0, 0.1) is 5.92 Å². The second-order valence-corrected chi connectivity index (χ2v) is 5.06. The molecule has 2 N–H and O–H groups in total. The number of hydrogen-bond acceptors (Lipinski definition) is 3. The van der Waals surface area contributed by atoms with E-state index in [1.54, 1.807) is 36.5 Å². The molecule has 2 unspecified atom stereocenters. The number of nitrogens with one attached hydrogen (secondary N) is 1. The minimum Gasteiger partial charge on any atom is -0.481 e. The quantitative estimate of drug-likeness (QED) is 0.844. The lowest BCUT2D eigenvalue weighted by Crippen LogP contribution is -2.33. The highest BCUT2D eigenvalue weighted by Crippen LogP contribution is 2.19. The van der Waals surface area contributed by atoms with Crippen LogP contribution >= 0.6 is 0 Å². The largest absolute Gasteiger partial charge is 0.481 e. The molecule has 1 amide bonds. The summed E-state index contributed by atoms with van der Waals surface area (Å²) in [5, 5.41) is 12.7. The number of hydrogen-bond donors (Lipinski definition) is 2. The molecule has 0 radical (unpaired) electrons. The maximum Gasteiger partial charge on any atom is 0.310 e. The van der Waals surface area contributed by atoms with Crippen molar-refractivity contribution in [3.63, 3.8) is 0 Å². The molecule has 0 saturated heterocycles. The van der Waals surface area contributed by atoms with Gasteiger partial charge in [0, 0.05) is 23.2 Å². The molecule has 1 aliphatic carbocycles. The summed E-state index contributed by atoms with van der Waals surface area (Å²) in [4.78, 5) is 27.3. The average molecular weight is 282 g/mol. The van der Waals surface area contributed by atoms with Crippen LogP contribution in [0.2, 0.25) is 0 Å². The summed E-state index contributed by atoms with van der Waals surface area (Å²) in [6.45, 7) is 0. The van der Waals surface area contributed by atoms with E-state index in [1.807, 2.05) is 12.1 Å². The van der Waals surface area contributed by atoms with Crippen molar-refractivity contribution in [1.29, 1.82) is 0 Å². The SMILES string of the molecule is O=C(NC1C=CC(C(=O)O)C1)c1ccc2ncccc2c1. The number of aromatic nitrogens is 1. The van der Waals surface area contributed by atoms with Crippen LogP contribution in [-0.2, 0) is 4.79 Å². The average Bonchev–Trinajstić information content (AvgIpc) is 2.95. The van der Waals surface area contributed by atoms with Gasteiger partial charge in [-0.05, 0) is 30.7 Å². The van der Waals surface area contributed by atoms with Crippen LogP contribution in [0.25, 0.3) is 10.9 Å². The number of carboxylic acids is 1. The molecule has 5 heteroatoms. The van der Waals surface area contributed by atoms with Crippen LogP contribution in [-0.4, -0.2) is 28.0 Å². The lowest BCUT2D eigenvalue weighted by Gasteiger charge is -2.12. The summed E-state index contributed by atoms with van der Waals surface area (Å²) in [5.74, 6) is -1.59. The number of carboxylic acid groups (broad SMARTS) is 1. The van der Waals surface area contributed by atoms with Gasteiger partial charge in [0.05, 0.1) is 11.4 Å². The Balaban J connectivity index is 1.73. The molecule has 0 aliphatic heterocycles. The van der Waals surface area contributed by atoms with Crippen LogP contribution in [0.5, 0.6) is 0 Å².